The van der Waals surface area contributed by atoms with Gasteiger partial charge in [-0.1, -0.05) is 30.3 Å². The lowest BCUT2D eigenvalue weighted by molar-refractivity contribution is 0.0914. The van der Waals surface area contributed by atoms with Gasteiger partial charge in [0.15, 0.2) is 5.82 Å². The smallest absolute Gasteiger partial charge is 0.270 e. The topological polar surface area (TPSA) is 66.9 Å². The zero-order chi connectivity index (χ0) is 17.0. The van der Waals surface area contributed by atoms with Gasteiger partial charge < -0.3 is 10.6 Å². The molecule has 0 aliphatic heterocycles. The summed E-state index contributed by atoms with van der Waals surface area (Å²) in [6, 6.07) is 11.6. The number of carbonyl (C=O) groups is 1. The molecule has 0 aliphatic carbocycles. The molecule has 23 heavy (non-hydrogen) atoms. The highest BCUT2D eigenvalue weighted by Crippen LogP contribution is 2.18. The first kappa shape index (κ1) is 16.9. The van der Waals surface area contributed by atoms with Gasteiger partial charge in [-0.2, -0.15) is 0 Å². The molecule has 0 aliphatic rings. The molecule has 0 saturated carbocycles. The second kappa shape index (κ2) is 6.77. The molecule has 1 aromatic carbocycles. The molecule has 1 amide bonds. The molecule has 2 N–H and O–H groups in total. The number of benzene rings is 1. The van der Waals surface area contributed by atoms with Crippen molar-refractivity contribution in [2.45, 2.75) is 46.2 Å². The van der Waals surface area contributed by atoms with Crippen LogP contribution in [0.2, 0.25) is 0 Å². The number of hydrogen-bond donors (Lipinski definition) is 2. The molecule has 0 saturated heterocycles. The summed E-state index contributed by atoms with van der Waals surface area (Å²) in [7, 11) is 0. The summed E-state index contributed by atoms with van der Waals surface area (Å²) in [5, 5.41) is 6.18. The van der Waals surface area contributed by atoms with Gasteiger partial charge in [0.1, 0.15) is 11.5 Å². The minimum atomic E-state index is -0.319. The molecular formula is C18H24N4O. The lowest BCUT2D eigenvalue weighted by Crippen LogP contribution is -2.41. The van der Waals surface area contributed by atoms with E-state index in [1.807, 2.05) is 65.0 Å². The number of nitrogens with one attached hydrogen (secondary N) is 2. The molecule has 0 unspecified atom stereocenters. The molecule has 0 spiro atoms. The summed E-state index contributed by atoms with van der Waals surface area (Å²) in [6.07, 6.45) is 0. The van der Waals surface area contributed by atoms with E-state index >= 15 is 0 Å². The molecule has 0 atom stereocenters. The summed E-state index contributed by atoms with van der Waals surface area (Å²) in [6.45, 7) is 9.88. The Morgan fingerprint density at radius 2 is 1.74 bits per heavy atom. The van der Waals surface area contributed by atoms with E-state index in [-0.39, 0.29) is 17.5 Å². The maximum absolute atomic E-state index is 12.5. The Morgan fingerprint density at radius 3 is 2.30 bits per heavy atom. The summed E-state index contributed by atoms with van der Waals surface area (Å²) in [4.78, 5) is 21.4. The molecule has 2 aromatic rings. The van der Waals surface area contributed by atoms with Crippen molar-refractivity contribution < 1.29 is 4.79 Å². The summed E-state index contributed by atoms with van der Waals surface area (Å²) in [5.74, 6) is 0.979. The average Bonchev–Trinajstić information content (AvgIpc) is 2.45. The zero-order valence-electron chi connectivity index (χ0n) is 14.3. The van der Waals surface area contributed by atoms with Crippen LogP contribution in [0.25, 0.3) is 11.4 Å². The van der Waals surface area contributed by atoms with Crippen LogP contribution in [0, 0.1) is 0 Å². The van der Waals surface area contributed by atoms with Crippen LogP contribution in [0.5, 0.6) is 0 Å². The summed E-state index contributed by atoms with van der Waals surface area (Å²) in [5.41, 5.74) is 0.919. The van der Waals surface area contributed by atoms with Gasteiger partial charge in [-0.25, -0.2) is 9.97 Å². The zero-order valence-corrected chi connectivity index (χ0v) is 14.3. The Hall–Kier alpha value is -2.43. The molecule has 0 bridgehead atoms. The fourth-order valence-corrected chi connectivity index (χ4v) is 2.05. The normalized spacial score (nSPS) is 11.4. The first-order valence-electron chi connectivity index (χ1n) is 7.78. The lowest BCUT2D eigenvalue weighted by atomic mass is 10.1. The minimum absolute atomic E-state index is 0.205. The quantitative estimate of drug-likeness (QED) is 0.907. The number of rotatable bonds is 4. The predicted molar refractivity (Wildman–Crippen MR) is 93.4 cm³/mol. The average molecular weight is 312 g/mol. The Labute approximate surface area is 137 Å². The molecule has 5 nitrogen and oxygen atoms in total. The second-order valence-electron chi connectivity index (χ2n) is 6.83. The van der Waals surface area contributed by atoms with Gasteiger partial charge in [-0.3, -0.25) is 4.79 Å². The van der Waals surface area contributed by atoms with Crippen molar-refractivity contribution in [1.29, 1.82) is 0 Å². The molecule has 0 fully saturated rings. The van der Waals surface area contributed by atoms with Crippen LogP contribution in [0.4, 0.5) is 5.82 Å². The first-order valence-corrected chi connectivity index (χ1v) is 7.78. The highest BCUT2D eigenvalue weighted by atomic mass is 16.2. The van der Waals surface area contributed by atoms with E-state index in [1.165, 1.54) is 0 Å². The van der Waals surface area contributed by atoms with Crippen molar-refractivity contribution in [2.24, 2.45) is 0 Å². The molecule has 122 valence electrons. The maximum Gasteiger partial charge on any atom is 0.270 e. The van der Waals surface area contributed by atoms with Crippen molar-refractivity contribution in [2.75, 3.05) is 5.32 Å². The SMILES string of the molecule is CC(C)Nc1cc(C(=O)NC(C)(C)C)nc(-c2ccccc2)n1. The third-order valence-electron chi connectivity index (χ3n) is 2.92. The number of carbonyl (C=O) groups excluding carboxylic acids is 1. The van der Waals surface area contributed by atoms with Crippen molar-refractivity contribution in [3.05, 3.63) is 42.1 Å². The van der Waals surface area contributed by atoms with Gasteiger partial charge in [-0.05, 0) is 34.6 Å². The van der Waals surface area contributed by atoms with Crippen LogP contribution >= 0.6 is 0 Å². The van der Waals surface area contributed by atoms with E-state index in [4.69, 9.17) is 0 Å². The number of aromatic nitrogens is 2. The van der Waals surface area contributed by atoms with E-state index in [9.17, 15) is 4.79 Å². The largest absolute Gasteiger partial charge is 0.368 e. The third kappa shape index (κ3) is 5.06. The van der Waals surface area contributed by atoms with Gasteiger partial charge in [0.05, 0.1) is 0 Å². The number of amides is 1. The van der Waals surface area contributed by atoms with Crippen molar-refractivity contribution in [3.8, 4) is 11.4 Å². The van der Waals surface area contributed by atoms with E-state index in [1.54, 1.807) is 6.07 Å². The van der Waals surface area contributed by atoms with Crippen molar-refractivity contribution >= 4 is 11.7 Å². The van der Waals surface area contributed by atoms with Crippen molar-refractivity contribution in [3.63, 3.8) is 0 Å². The number of anilines is 1. The Kier molecular flexibility index (Phi) is 4.98. The maximum atomic E-state index is 12.5. The Morgan fingerprint density at radius 1 is 1.09 bits per heavy atom. The molecule has 2 rings (SSSR count). The van der Waals surface area contributed by atoms with E-state index in [0.717, 1.165) is 5.56 Å². The number of nitrogens with zero attached hydrogens (tertiary/aromatic N) is 2. The standard InChI is InChI=1S/C18H24N4O/c1-12(2)19-15-11-14(17(23)22-18(3,4)5)20-16(21-15)13-9-7-6-8-10-13/h6-12H,1-5H3,(H,22,23)(H,19,20,21). The van der Waals surface area contributed by atoms with Gasteiger partial charge in [0.25, 0.3) is 5.91 Å². The van der Waals surface area contributed by atoms with Crippen LogP contribution in [0.15, 0.2) is 36.4 Å². The fraction of sp³-hybridized carbons (Fsp3) is 0.389. The highest BCUT2D eigenvalue weighted by molar-refractivity contribution is 5.93. The van der Waals surface area contributed by atoms with Crippen LogP contribution < -0.4 is 10.6 Å². The molecule has 1 heterocycles. The van der Waals surface area contributed by atoms with Crippen molar-refractivity contribution in [1.82, 2.24) is 15.3 Å². The van der Waals surface area contributed by atoms with E-state index in [2.05, 4.69) is 20.6 Å². The predicted octanol–water partition coefficient (Wildman–Crippen LogP) is 3.49. The van der Waals surface area contributed by atoms with Gasteiger partial charge in [0, 0.05) is 23.2 Å². The van der Waals surface area contributed by atoms with Gasteiger partial charge in [-0.15, -0.1) is 0 Å². The summed E-state index contributed by atoms with van der Waals surface area (Å²) < 4.78 is 0. The van der Waals surface area contributed by atoms with Crippen LogP contribution in [-0.2, 0) is 0 Å². The van der Waals surface area contributed by atoms with Gasteiger partial charge >= 0.3 is 0 Å². The Bertz CT molecular complexity index is 675. The summed E-state index contributed by atoms with van der Waals surface area (Å²) >= 11 is 0. The van der Waals surface area contributed by atoms with Gasteiger partial charge in [0.2, 0.25) is 0 Å². The van der Waals surface area contributed by atoms with E-state index < -0.39 is 0 Å². The van der Waals surface area contributed by atoms with Crippen LogP contribution in [0.1, 0.15) is 45.1 Å². The second-order valence-corrected chi connectivity index (χ2v) is 6.83. The first-order chi connectivity index (χ1) is 10.7. The minimum Gasteiger partial charge on any atom is -0.368 e. The molecule has 0 radical (unpaired) electrons. The van der Waals surface area contributed by atoms with Crippen LogP contribution in [0.3, 0.4) is 0 Å². The number of hydrogen-bond acceptors (Lipinski definition) is 4. The van der Waals surface area contributed by atoms with Crippen LogP contribution in [-0.4, -0.2) is 27.5 Å². The monoisotopic (exact) mass is 312 g/mol. The highest BCUT2D eigenvalue weighted by Gasteiger charge is 2.18. The molecular weight excluding hydrogens is 288 g/mol. The Balaban J connectivity index is 2.43. The molecule has 1 aromatic heterocycles. The molecule has 5 heteroatoms. The third-order valence-corrected chi connectivity index (χ3v) is 2.92. The van der Waals surface area contributed by atoms with E-state index in [0.29, 0.717) is 17.3 Å². The fourth-order valence-electron chi connectivity index (χ4n) is 2.05. The lowest BCUT2D eigenvalue weighted by Gasteiger charge is -2.20.